The Morgan fingerprint density at radius 1 is 1.05 bits per heavy atom. The molecule has 0 fully saturated rings. The predicted molar refractivity (Wildman–Crippen MR) is 77.3 cm³/mol. The number of nitrogens with one attached hydrogen (secondary N) is 1. The van der Waals surface area contributed by atoms with Crippen LogP contribution in [-0.4, -0.2) is 40.6 Å². The van der Waals surface area contributed by atoms with Crippen molar-refractivity contribution in [3.8, 4) is 5.95 Å². The van der Waals surface area contributed by atoms with Gasteiger partial charge in [0.25, 0.3) is 0 Å². The van der Waals surface area contributed by atoms with Gasteiger partial charge in [-0.25, -0.2) is 9.97 Å². The van der Waals surface area contributed by atoms with Crippen LogP contribution < -0.4 is 5.32 Å². The smallest absolute Gasteiger partial charge is 0.241 e. The van der Waals surface area contributed by atoms with E-state index in [9.17, 15) is 0 Å². The standard InChI is InChI=1S/C12H13ClN8/c13-10-17-11(16-2-1-5-20-6-3-14-8-20)19-12(18-10)21-7-4-15-9-21/h3-4,6-9H,1-2,5H2,(H,16,17,18,19). The summed E-state index contributed by atoms with van der Waals surface area (Å²) in [6.07, 6.45) is 11.4. The molecule has 8 nitrogen and oxygen atoms in total. The van der Waals surface area contributed by atoms with Crippen LogP contribution in [0.5, 0.6) is 0 Å². The maximum absolute atomic E-state index is 5.91. The van der Waals surface area contributed by atoms with Gasteiger partial charge in [-0.15, -0.1) is 0 Å². The summed E-state index contributed by atoms with van der Waals surface area (Å²) in [6, 6.07) is 0. The average Bonchev–Trinajstić information content (AvgIpc) is 3.16. The summed E-state index contributed by atoms with van der Waals surface area (Å²) < 4.78 is 3.68. The van der Waals surface area contributed by atoms with E-state index < -0.39 is 0 Å². The SMILES string of the molecule is Clc1nc(NCCCn2ccnc2)nc(-n2ccnc2)n1. The Labute approximate surface area is 125 Å². The zero-order chi connectivity index (χ0) is 14.5. The first-order valence-corrected chi connectivity index (χ1v) is 6.78. The lowest BCUT2D eigenvalue weighted by atomic mass is 10.4. The second-order valence-corrected chi connectivity index (χ2v) is 4.62. The molecule has 0 amide bonds. The summed E-state index contributed by atoms with van der Waals surface area (Å²) in [5.74, 6) is 0.883. The Bertz CT molecular complexity index is 679. The number of anilines is 1. The summed E-state index contributed by atoms with van der Waals surface area (Å²) in [4.78, 5) is 20.4. The van der Waals surface area contributed by atoms with Gasteiger partial charge in [0.1, 0.15) is 6.33 Å². The minimum atomic E-state index is 0.144. The second kappa shape index (κ2) is 6.31. The predicted octanol–water partition coefficient (Wildman–Crippen LogP) is 1.41. The maximum Gasteiger partial charge on any atom is 0.241 e. The fraction of sp³-hybridized carbons (Fsp3) is 0.250. The van der Waals surface area contributed by atoms with Gasteiger partial charge in [-0.3, -0.25) is 4.57 Å². The number of nitrogens with zero attached hydrogens (tertiary/aromatic N) is 7. The molecule has 0 unspecified atom stereocenters. The monoisotopic (exact) mass is 304 g/mol. The van der Waals surface area contributed by atoms with Gasteiger partial charge in [-0.2, -0.15) is 15.0 Å². The number of imidazole rings is 2. The van der Waals surface area contributed by atoms with E-state index in [2.05, 4.69) is 30.2 Å². The first kappa shape index (κ1) is 13.5. The van der Waals surface area contributed by atoms with Gasteiger partial charge in [0.15, 0.2) is 0 Å². The van der Waals surface area contributed by atoms with Crippen molar-refractivity contribution < 1.29 is 0 Å². The van der Waals surface area contributed by atoms with Crippen LogP contribution in [0, 0.1) is 0 Å². The molecule has 0 atom stereocenters. The van der Waals surface area contributed by atoms with Crippen molar-refractivity contribution in [2.24, 2.45) is 0 Å². The van der Waals surface area contributed by atoms with Crippen LogP contribution in [0.1, 0.15) is 6.42 Å². The van der Waals surface area contributed by atoms with E-state index in [0.29, 0.717) is 11.9 Å². The molecule has 0 radical (unpaired) electrons. The highest BCUT2D eigenvalue weighted by atomic mass is 35.5. The van der Waals surface area contributed by atoms with Crippen LogP contribution in [0.4, 0.5) is 5.95 Å². The van der Waals surface area contributed by atoms with Crippen LogP contribution in [-0.2, 0) is 6.54 Å². The molecule has 0 spiro atoms. The molecule has 0 bridgehead atoms. The average molecular weight is 305 g/mol. The van der Waals surface area contributed by atoms with Crippen LogP contribution >= 0.6 is 11.6 Å². The Morgan fingerprint density at radius 3 is 2.67 bits per heavy atom. The zero-order valence-corrected chi connectivity index (χ0v) is 11.8. The third kappa shape index (κ3) is 3.54. The number of hydrogen-bond donors (Lipinski definition) is 1. The van der Waals surface area contributed by atoms with Crippen molar-refractivity contribution in [3.63, 3.8) is 0 Å². The number of aromatic nitrogens is 7. The molecule has 0 aromatic carbocycles. The summed E-state index contributed by atoms with van der Waals surface area (Å²) in [5.41, 5.74) is 0. The molecule has 0 aliphatic carbocycles. The lowest BCUT2D eigenvalue weighted by Crippen LogP contribution is -2.11. The van der Waals surface area contributed by atoms with Gasteiger partial charge in [0.2, 0.25) is 17.2 Å². The highest BCUT2D eigenvalue weighted by Crippen LogP contribution is 2.09. The molecule has 0 saturated heterocycles. The molecule has 21 heavy (non-hydrogen) atoms. The van der Waals surface area contributed by atoms with Crippen molar-refractivity contribution in [3.05, 3.63) is 42.7 Å². The van der Waals surface area contributed by atoms with Gasteiger partial charge >= 0.3 is 0 Å². The first-order valence-electron chi connectivity index (χ1n) is 6.41. The van der Waals surface area contributed by atoms with Crippen molar-refractivity contribution >= 4 is 17.5 Å². The molecule has 3 aromatic heterocycles. The van der Waals surface area contributed by atoms with E-state index >= 15 is 0 Å². The Balaban J connectivity index is 1.60. The topological polar surface area (TPSA) is 86.3 Å². The molecular weight excluding hydrogens is 292 g/mol. The quantitative estimate of drug-likeness (QED) is 0.693. The number of hydrogen-bond acceptors (Lipinski definition) is 6. The number of rotatable bonds is 6. The second-order valence-electron chi connectivity index (χ2n) is 4.28. The van der Waals surface area contributed by atoms with Gasteiger partial charge in [0.05, 0.1) is 6.33 Å². The molecule has 3 aromatic rings. The molecule has 1 N–H and O–H groups in total. The Kier molecular flexibility index (Phi) is 4.06. The molecule has 3 rings (SSSR count). The Morgan fingerprint density at radius 2 is 1.90 bits per heavy atom. The van der Waals surface area contributed by atoms with Gasteiger partial charge < -0.3 is 9.88 Å². The van der Waals surface area contributed by atoms with E-state index in [1.54, 1.807) is 35.8 Å². The van der Waals surface area contributed by atoms with E-state index in [0.717, 1.165) is 19.5 Å². The molecular formula is C12H13ClN8. The molecule has 108 valence electrons. The highest BCUT2D eigenvalue weighted by molar-refractivity contribution is 6.28. The summed E-state index contributed by atoms with van der Waals surface area (Å²) in [7, 11) is 0. The first-order chi connectivity index (χ1) is 10.3. The molecule has 0 aliphatic heterocycles. The highest BCUT2D eigenvalue weighted by Gasteiger charge is 2.06. The fourth-order valence-corrected chi connectivity index (χ4v) is 1.95. The lowest BCUT2D eigenvalue weighted by Gasteiger charge is -2.07. The van der Waals surface area contributed by atoms with Crippen molar-refractivity contribution in [2.75, 3.05) is 11.9 Å². The maximum atomic E-state index is 5.91. The molecule has 0 saturated carbocycles. The van der Waals surface area contributed by atoms with Gasteiger partial charge in [0, 0.05) is 37.9 Å². The van der Waals surface area contributed by atoms with Crippen LogP contribution in [0.3, 0.4) is 0 Å². The van der Waals surface area contributed by atoms with E-state index in [4.69, 9.17) is 11.6 Å². The van der Waals surface area contributed by atoms with Crippen molar-refractivity contribution in [1.82, 2.24) is 34.1 Å². The van der Waals surface area contributed by atoms with Crippen LogP contribution in [0.15, 0.2) is 37.4 Å². The van der Waals surface area contributed by atoms with Crippen molar-refractivity contribution in [2.45, 2.75) is 13.0 Å². The molecule has 3 heterocycles. The number of halogens is 1. The fourth-order valence-electron chi connectivity index (χ4n) is 1.79. The minimum Gasteiger partial charge on any atom is -0.354 e. The molecule has 0 aliphatic rings. The van der Waals surface area contributed by atoms with E-state index in [1.165, 1.54) is 0 Å². The van der Waals surface area contributed by atoms with Crippen LogP contribution in [0.2, 0.25) is 5.28 Å². The lowest BCUT2D eigenvalue weighted by molar-refractivity contribution is 0.658. The molecule has 9 heteroatoms. The summed E-state index contributed by atoms with van der Waals surface area (Å²) in [6.45, 7) is 1.60. The van der Waals surface area contributed by atoms with E-state index in [-0.39, 0.29) is 5.28 Å². The third-order valence-electron chi connectivity index (χ3n) is 2.77. The summed E-state index contributed by atoms with van der Waals surface area (Å²) in [5, 5.41) is 3.28. The van der Waals surface area contributed by atoms with Gasteiger partial charge in [-0.1, -0.05) is 0 Å². The third-order valence-corrected chi connectivity index (χ3v) is 2.94. The number of aryl methyl sites for hydroxylation is 1. The largest absolute Gasteiger partial charge is 0.354 e. The minimum absolute atomic E-state index is 0.144. The Hall–Kier alpha value is -2.48. The zero-order valence-electron chi connectivity index (χ0n) is 11.1. The van der Waals surface area contributed by atoms with E-state index in [1.807, 2.05) is 10.8 Å². The van der Waals surface area contributed by atoms with Gasteiger partial charge in [-0.05, 0) is 18.0 Å². The van der Waals surface area contributed by atoms with Crippen molar-refractivity contribution in [1.29, 1.82) is 0 Å². The van der Waals surface area contributed by atoms with Crippen LogP contribution in [0.25, 0.3) is 5.95 Å². The summed E-state index contributed by atoms with van der Waals surface area (Å²) >= 11 is 5.91. The normalized spacial score (nSPS) is 10.7.